The van der Waals surface area contributed by atoms with Crippen molar-refractivity contribution in [2.24, 2.45) is 11.7 Å². The Morgan fingerprint density at radius 2 is 1.67 bits per heavy atom. The molecule has 0 radical (unpaired) electrons. The zero-order valence-corrected chi connectivity index (χ0v) is 13.3. The zero-order valence-electron chi connectivity index (χ0n) is 13.3. The summed E-state index contributed by atoms with van der Waals surface area (Å²) in [4.78, 5) is 12.7. The average Bonchev–Trinajstić information content (AvgIpc) is 2.41. The lowest BCUT2D eigenvalue weighted by Gasteiger charge is -2.18. The lowest BCUT2D eigenvalue weighted by Crippen LogP contribution is -2.29. The van der Waals surface area contributed by atoms with Gasteiger partial charge in [0, 0.05) is 18.2 Å². The number of nitrogens with zero attached hydrogens (tertiary/aromatic N) is 1. The van der Waals surface area contributed by atoms with E-state index in [9.17, 15) is 4.79 Å². The highest BCUT2D eigenvalue weighted by Gasteiger charge is 2.13. The molecule has 1 aromatic heterocycles. The fourth-order valence-corrected chi connectivity index (χ4v) is 2.46. The summed E-state index contributed by atoms with van der Waals surface area (Å²) in [5, 5.41) is 0. The molecule has 1 heterocycles. The molecule has 0 saturated heterocycles. The van der Waals surface area contributed by atoms with Gasteiger partial charge in [-0.1, -0.05) is 43.7 Å². The van der Waals surface area contributed by atoms with Crippen LogP contribution in [0.25, 0.3) is 11.3 Å². The predicted molar refractivity (Wildman–Crippen MR) is 88.3 cm³/mol. The predicted octanol–water partition coefficient (Wildman–Crippen LogP) is 3.50. The summed E-state index contributed by atoms with van der Waals surface area (Å²) in [7, 11) is 0. The number of pyridine rings is 1. The Balaban J connectivity index is 2.62. The molecule has 0 aliphatic heterocycles. The molecule has 1 atom stereocenters. The lowest BCUT2D eigenvalue weighted by molar-refractivity contribution is 0.510. The first-order valence-corrected chi connectivity index (χ1v) is 7.46. The van der Waals surface area contributed by atoms with Crippen LogP contribution in [-0.4, -0.2) is 4.57 Å². The number of aromatic nitrogens is 1. The second-order valence-corrected chi connectivity index (χ2v) is 6.14. The van der Waals surface area contributed by atoms with Crippen molar-refractivity contribution in [3.63, 3.8) is 0 Å². The van der Waals surface area contributed by atoms with Crippen LogP contribution in [0.4, 0.5) is 0 Å². The number of rotatable bonds is 4. The molecule has 0 saturated carbocycles. The summed E-state index contributed by atoms with van der Waals surface area (Å²) >= 11 is 0. The smallest absolute Gasteiger partial charge is 0.255 e. The molecule has 1 aromatic carbocycles. The molecule has 0 fully saturated rings. The SMILES string of the molecule is Cc1ccc(-c2ccc(C(C)N)c(=O)n2CC(C)C)cc1. The van der Waals surface area contributed by atoms with E-state index >= 15 is 0 Å². The maximum absolute atomic E-state index is 12.7. The van der Waals surface area contributed by atoms with Crippen LogP contribution < -0.4 is 11.3 Å². The van der Waals surface area contributed by atoms with Gasteiger partial charge in [0.25, 0.3) is 5.56 Å². The van der Waals surface area contributed by atoms with Crippen molar-refractivity contribution in [2.75, 3.05) is 0 Å². The van der Waals surface area contributed by atoms with Gasteiger partial charge in [0.2, 0.25) is 0 Å². The maximum atomic E-state index is 12.7. The van der Waals surface area contributed by atoms with Gasteiger partial charge in [0.1, 0.15) is 0 Å². The molecular weight excluding hydrogens is 260 g/mol. The molecular formula is C18H24N2O. The van der Waals surface area contributed by atoms with Crippen LogP contribution in [0.5, 0.6) is 0 Å². The van der Waals surface area contributed by atoms with Crippen molar-refractivity contribution in [3.05, 3.63) is 57.9 Å². The number of nitrogens with two attached hydrogens (primary N) is 1. The van der Waals surface area contributed by atoms with Gasteiger partial charge in [-0.15, -0.1) is 0 Å². The molecule has 0 aliphatic rings. The normalized spacial score (nSPS) is 12.7. The second kappa shape index (κ2) is 6.27. The lowest BCUT2D eigenvalue weighted by atomic mass is 10.0. The van der Waals surface area contributed by atoms with Crippen LogP contribution in [0.3, 0.4) is 0 Å². The third-order valence-corrected chi connectivity index (χ3v) is 3.59. The van der Waals surface area contributed by atoms with Crippen molar-refractivity contribution in [1.29, 1.82) is 0 Å². The van der Waals surface area contributed by atoms with Gasteiger partial charge in [-0.3, -0.25) is 4.79 Å². The molecule has 21 heavy (non-hydrogen) atoms. The Hall–Kier alpha value is -1.87. The molecule has 2 N–H and O–H groups in total. The summed E-state index contributed by atoms with van der Waals surface area (Å²) in [6, 6.07) is 11.9. The quantitative estimate of drug-likeness (QED) is 0.934. The van der Waals surface area contributed by atoms with Gasteiger partial charge in [-0.2, -0.15) is 0 Å². The fraction of sp³-hybridized carbons (Fsp3) is 0.389. The Bertz CT molecular complexity index is 667. The fourth-order valence-electron chi connectivity index (χ4n) is 2.46. The first kappa shape index (κ1) is 15.5. The van der Waals surface area contributed by atoms with E-state index in [1.165, 1.54) is 5.56 Å². The topological polar surface area (TPSA) is 48.0 Å². The third kappa shape index (κ3) is 3.42. The largest absolute Gasteiger partial charge is 0.324 e. The molecule has 2 rings (SSSR count). The molecule has 3 nitrogen and oxygen atoms in total. The molecule has 112 valence electrons. The summed E-state index contributed by atoms with van der Waals surface area (Å²) < 4.78 is 1.86. The standard InChI is InChI=1S/C18H24N2O/c1-12(2)11-20-17(15-7-5-13(3)6-8-15)10-9-16(14(4)19)18(20)21/h5-10,12,14H,11,19H2,1-4H3. The van der Waals surface area contributed by atoms with Crippen LogP contribution in [0, 0.1) is 12.8 Å². The van der Waals surface area contributed by atoms with Crippen LogP contribution in [0.2, 0.25) is 0 Å². The number of hydrogen-bond acceptors (Lipinski definition) is 2. The van der Waals surface area contributed by atoms with Gasteiger partial charge in [0.05, 0.1) is 5.69 Å². The van der Waals surface area contributed by atoms with E-state index in [1.54, 1.807) is 0 Å². The van der Waals surface area contributed by atoms with E-state index in [2.05, 4.69) is 45.0 Å². The first-order valence-electron chi connectivity index (χ1n) is 7.46. The minimum atomic E-state index is -0.247. The van der Waals surface area contributed by atoms with Gasteiger partial charge in [-0.25, -0.2) is 0 Å². The first-order chi connectivity index (χ1) is 9.90. The van der Waals surface area contributed by atoms with E-state index in [0.717, 1.165) is 11.3 Å². The molecule has 0 aliphatic carbocycles. The van der Waals surface area contributed by atoms with E-state index in [-0.39, 0.29) is 11.6 Å². The summed E-state index contributed by atoms with van der Waals surface area (Å²) in [5.74, 6) is 0.398. The summed E-state index contributed by atoms with van der Waals surface area (Å²) in [6.07, 6.45) is 0. The van der Waals surface area contributed by atoms with Crippen LogP contribution >= 0.6 is 0 Å². The minimum absolute atomic E-state index is 0.0248. The van der Waals surface area contributed by atoms with Crippen molar-refractivity contribution in [2.45, 2.75) is 40.3 Å². The van der Waals surface area contributed by atoms with E-state index in [0.29, 0.717) is 18.0 Å². The molecule has 0 spiro atoms. The monoisotopic (exact) mass is 284 g/mol. The molecule has 0 amide bonds. The van der Waals surface area contributed by atoms with Crippen LogP contribution in [-0.2, 0) is 6.54 Å². The third-order valence-electron chi connectivity index (χ3n) is 3.59. The Labute approximate surface area is 126 Å². The highest BCUT2D eigenvalue weighted by Crippen LogP contribution is 2.21. The number of benzene rings is 1. The van der Waals surface area contributed by atoms with E-state index in [1.807, 2.05) is 23.6 Å². The summed E-state index contributed by atoms with van der Waals surface area (Å²) in [5.41, 5.74) is 9.84. The van der Waals surface area contributed by atoms with E-state index in [4.69, 9.17) is 5.73 Å². The Morgan fingerprint density at radius 1 is 1.05 bits per heavy atom. The minimum Gasteiger partial charge on any atom is -0.324 e. The molecule has 2 aromatic rings. The second-order valence-electron chi connectivity index (χ2n) is 6.14. The van der Waals surface area contributed by atoms with Crippen LogP contribution in [0.1, 0.15) is 37.9 Å². The molecule has 0 bridgehead atoms. The van der Waals surface area contributed by atoms with Gasteiger partial charge < -0.3 is 10.3 Å². The zero-order chi connectivity index (χ0) is 15.6. The molecule has 1 unspecified atom stereocenters. The van der Waals surface area contributed by atoms with Crippen molar-refractivity contribution in [1.82, 2.24) is 4.57 Å². The van der Waals surface area contributed by atoms with Crippen molar-refractivity contribution < 1.29 is 0 Å². The maximum Gasteiger partial charge on any atom is 0.255 e. The van der Waals surface area contributed by atoms with Gasteiger partial charge >= 0.3 is 0 Å². The average molecular weight is 284 g/mol. The van der Waals surface area contributed by atoms with E-state index < -0.39 is 0 Å². The highest BCUT2D eigenvalue weighted by molar-refractivity contribution is 5.60. The van der Waals surface area contributed by atoms with Crippen molar-refractivity contribution in [3.8, 4) is 11.3 Å². The Morgan fingerprint density at radius 3 is 2.19 bits per heavy atom. The number of aryl methyl sites for hydroxylation is 1. The molecule has 3 heteroatoms. The number of hydrogen-bond donors (Lipinski definition) is 1. The summed E-state index contributed by atoms with van der Waals surface area (Å²) in [6.45, 7) is 8.84. The van der Waals surface area contributed by atoms with Gasteiger partial charge in [0.15, 0.2) is 0 Å². The highest BCUT2D eigenvalue weighted by atomic mass is 16.1. The van der Waals surface area contributed by atoms with Crippen molar-refractivity contribution >= 4 is 0 Å². The van der Waals surface area contributed by atoms with Gasteiger partial charge in [-0.05, 0) is 37.5 Å². The Kier molecular flexibility index (Phi) is 4.63. The van der Waals surface area contributed by atoms with Crippen LogP contribution in [0.15, 0.2) is 41.2 Å².